The lowest BCUT2D eigenvalue weighted by atomic mass is 10.2. The molecular weight excluding hydrogens is 550 g/mol. The van der Waals surface area contributed by atoms with Gasteiger partial charge in [0.05, 0.1) is 40.6 Å². The Morgan fingerprint density at radius 2 is 2.00 bits per heavy atom. The van der Waals surface area contributed by atoms with Crippen LogP contribution in [0.25, 0.3) is 10.2 Å². The number of furan rings is 1. The molecule has 0 radical (unpaired) electrons. The van der Waals surface area contributed by atoms with Gasteiger partial charge in [0.1, 0.15) is 17.0 Å². The molecule has 3 heterocycles. The number of anilines is 1. The van der Waals surface area contributed by atoms with Crippen molar-refractivity contribution in [2.75, 3.05) is 32.2 Å². The minimum absolute atomic E-state index is 0.101. The molecule has 12 heteroatoms. The van der Waals surface area contributed by atoms with Crippen LogP contribution in [0, 0.1) is 0 Å². The zero-order valence-electron chi connectivity index (χ0n) is 20.8. The topological polar surface area (TPSA) is 102 Å². The van der Waals surface area contributed by atoms with Crippen molar-refractivity contribution in [3.8, 4) is 5.75 Å². The number of hydrogen-bond donors (Lipinski definition) is 0. The van der Waals surface area contributed by atoms with Gasteiger partial charge in [-0.15, -0.1) is 0 Å². The Morgan fingerprint density at radius 1 is 1.21 bits per heavy atom. The van der Waals surface area contributed by atoms with Crippen molar-refractivity contribution in [3.05, 3.63) is 71.1 Å². The van der Waals surface area contributed by atoms with Crippen LogP contribution >= 0.6 is 22.9 Å². The molecule has 0 spiro atoms. The van der Waals surface area contributed by atoms with Crippen LogP contribution in [0.2, 0.25) is 5.02 Å². The summed E-state index contributed by atoms with van der Waals surface area (Å²) in [6.45, 7) is 1.05. The van der Waals surface area contributed by atoms with Crippen LogP contribution in [-0.4, -0.2) is 57.0 Å². The van der Waals surface area contributed by atoms with Gasteiger partial charge in [0, 0.05) is 25.8 Å². The molecule has 1 aliphatic heterocycles. The smallest absolute Gasteiger partial charge is 0.260 e. The molecule has 2 aromatic carbocycles. The normalized spacial score (nSPS) is 15.8. The molecular formula is C26H26ClN3O6S2. The van der Waals surface area contributed by atoms with Gasteiger partial charge in [-0.1, -0.05) is 22.9 Å². The first-order chi connectivity index (χ1) is 18.3. The van der Waals surface area contributed by atoms with E-state index in [0.29, 0.717) is 44.1 Å². The molecule has 9 nitrogen and oxygen atoms in total. The van der Waals surface area contributed by atoms with Crippen molar-refractivity contribution in [3.63, 3.8) is 0 Å². The fraction of sp³-hybridized carbons (Fsp3) is 0.308. The van der Waals surface area contributed by atoms with Crippen molar-refractivity contribution in [1.82, 2.24) is 9.29 Å². The molecule has 1 aliphatic rings. The van der Waals surface area contributed by atoms with E-state index in [0.717, 1.165) is 12.8 Å². The minimum Gasteiger partial charge on any atom is -0.494 e. The van der Waals surface area contributed by atoms with Gasteiger partial charge in [-0.05, 0) is 61.4 Å². The maximum atomic E-state index is 13.7. The molecule has 1 atom stereocenters. The lowest BCUT2D eigenvalue weighted by Gasteiger charge is -2.21. The molecule has 5 rings (SSSR count). The van der Waals surface area contributed by atoms with Crippen molar-refractivity contribution in [2.45, 2.75) is 30.4 Å². The van der Waals surface area contributed by atoms with E-state index in [1.54, 1.807) is 31.4 Å². The summed E-state index contributed by atoms with van der Waals surface area (Å²) in [6, 6.07) is 12.8. The van der Waals surface area contributed by atoms with Crippen LogP contribution in [0.1, 0.15) is 29.0 Å². The fourth-order valence-corrected chi connectivity index (χ4v) is 6.74. The Balaban J connectivity index is 1.44. The van der Waals surface area contributed by atoms with Crippen LogP contribution < -0.4 is 9.64 Å². The van der Waals surface area contributed by atoms with Crippen LogP contribution in [0.5, 0.6) is 5.75 Å². The van der Waals surface area contributed by atoms with Crippen molar-refractivity contribution in [1.29, 1.82) is 0 Å². The predicted molar refractivity (Wildman–Crippen MR) is 146 cm³/mol. The molecule has 0 N–H and O–H groups in total. The number of methoxy groups -OCH3 is 1. The molecule has 1 amide bonds. The molecule has 1 unspecified atom stereocenters. The van der Waals surface area contributed by atoms with E-state index < -0.39 is 10.0 Å². The van der Waals surface area contributed by atoms with Crippen LogP contribution in [0.4, 0.5) is 5.13 Å². The van der Waals surface area contributed by atoms with E-state index in [-0.39, 0.29) is 30.0 Å². The summed E-state index contributed by atoms with van der Waals surface area (Å²) < 4.78 is 44.7. The number of aromatic nitrogens is 1. The second-order valence-electron chi connectivity index (χ2n) is 8.84. The van der Waals surface area contributed by atoms with E-state index in [4.69, 9.17) is 25.5 Å². The highest BCUT2D eigenvalue weighted by molar-refractivity contribution is 7.89. The molecule has 0 aliphatic carbocycles. The highest BCUT2D eigenvalue weighted by atomic mass is 35.5. The number of ether oxygens (including phenoxy) is 2. The predicted octanol–water partition coefficient (Wildman–Crippen LogP) is 5.20. The Kier molecular flexibility index (Phi) is 7.73. The average Bonchev–Trinajstić information content (AvgIpc) is 3.70. The van der Waals surface area contributed by atoms with E-state index >= 15 is 0 Å². The van der Waals surface area contributed by atoms with Gasteiger partial charge in [0.15, 0.2) is 5.13 Å². The average molecular weight is 576 g/mol. The number of likely N-dealkylation sites (N-methyl/N-ethyl adjacent to an activating group) is 1. The number of hydrogen-bond acceptors (Lipinski definition) is 8. The largest absolute Gasteiger partial charge is 0.494 e. The first-order valence-electron chi connectivity index (χ1n) is 11.9. The standard InChI is InChI=1S/C26H26ClN3O6S2/c1-29(15-18-5-3-13-35-18)38(32,33)20-9-7-17(8-10-20)25(31)30(16-19-6-4-14-36-19)26-28-23-22(34-2)12-11-21(27)24(23)37-26/h4,6-12,14,18H,3,5,13,15-16H2,1-2H3. The van der Waals surface area contributed by atoms with Gasteiger partial charge in [-0.3, -0.25) is 9.69 Å². The Hall–Kier alpha value is -2.96. The van der Waals surface area contributed by atoms with Gasteiger partial charge in [0.25, 0.3) is 5.91 Å². The third kappa shape index (κ3) is 5.29. The molecule has 200 valence electrons. The third-order valence-electron chi connectivity index (χ3n) is 6.33. The number of carbonyl (C=O) groups excluding carboxylic acids is 1. The second-order valence-corrected chi connectivity index (χ2v) is 12.3. The monoisotopic (exact) mass is 575 g/mol. The van der Waals surface area contributed by atoms with Gasteiger partial charge in [-0.25, -0.2) is 13.4 Å². The zero-order chi connectivity index (χ0) is 26.9. The molecule has 1 saturated heterocycles. The highest BCUT2D eigenvalue weighted by Crippen LogP contribution is 2.39. The van der Waals surface area contributed by atoms with Crippen LogP contribution in [-0.2, 0) is 21.3 Å². The summed E-state index contributed by atoms with van der Waals surface area (Å²) in [4.78, 5) is 20.0. The van der Waals surface area contributed by atoms with E-state index in [1.807, 2.05) is 0 Å². The summed E-state index contributed by atoms with van der Waals surface area (Å²) in [5.41, 5.74) is 0.850. The summed E-state index contributed by atoms with van der Waals surface area (Å²) in [6.07, 6.45) is 3.19. The van der Waals surface area contributed by atoms with Crippen LogP contribution in [0.15, 0.2) is 64.1 Å². The number of thiazole rings is 1. The number of sulfonamides is 1. The molecule has 4 aromatic rings. The fourth-order valence-electron chi connectivity index (χ4n) is 4.28. The van der Waals surface area contributed by atoms with Gasteiger partial charge in [-0.2, -0.15) is 4.31 Å². The SMILES string of the molecule is COc1ccc(Cl)c2sc(N(Cc3ccco3)C(=O)c3ccc(S(=O)(=O)N(C)CC4CCCO4)cc3)nc12. The Bertz CT molecular complexity index is 1530. The van der Waals surface area contributed by atoms with E-state index in [1.165, 1.54) is 58.1 Å². The maximum absolute atomic E-state index is 13.7. The number of amides is 1. The maximum Gasteiger partial charge on any atom is 0.260 e. The zero-order valence-corrected chi connectivity index (χ0v) is 23.2. The summed E-state index contributed by atoms with van der Waals surface area (Å²) in [5.74, 6) is 0.733. The lowest BCUT2D eigenvalue weighted by Crippen LogP contribution is -2.34. The highest BCUT2D eigenvalue weighted by Gasteiger charge is 2.28. The molecule has 0 saturated carbocycles. The lowest BCUT2D eigenvalue weighted by molar-refractivity contribution is 0.0978. The van der Waals surface area contributed by atoms with Crippen LogP contribution in [0.3, 0.4) is 0 Å². The first kappa shape index (κ1) is 26.6. The first-order valence-corrected chi connectivity index (χ1v) is 14.6. The van der Waals surface area contributed by atoms with Crippen molar-refractivity contribution < 1.29 is 27.1 Å². The number of benzene rings is 2. The number of nitrogens with zero attached hydrogens (tertiary/aromatic N) is 3. The number of carbonyl (C=O) groups is 1. The Labute approximate surface area is 229 Å². The van der Waals surface area contributed by atoms with E-state index in [9.17, 15) is 13.2 Å². The number of rotatable bonds is 9. The molecule has 38 heavy (non-hydrogen) atoms. The van der Waals surface area contributed by atoms with Crippen molar-refractivity contribution in [2.24, 2.45) is 0 Å². The van der Waals surface area contributed by atoms with Gasteiger partial charge in [0.2, 0.25) is 10.0 Å². The quantitative estimate of drug-likeness (QED) is 0.270. The summed E-state index contributed by atoms with van der Waals surface area (Å²) in [7, 11) is -0.659. The minimum atomic E-state index is -3.74. The second kappa shape index (κ2) is 11.0. The Morgan fingerprint density at radius 3 is 2.66 bits per heavy atom. The number of halogens is 1. The van der Waals surface area contributed by atoms with Gasteiger partial charge >= 0.3 is 0 Å². The third-order valence-corrected chi connectivity index (χ3v) is 9.71. The summed E-state index contributed by atoms with van der Waals surface area (Å²) in [5, 5.41) is 0.900. The summed E-state index contributed by atoms with van der Waals surface area (Å²) >= 11 is 7.67. The van der Waals surface area contributed by atoms with Crippen molar-refractivity contribution >= 4 is 54.2 Å². The number of fused-ring (bicyclic) bond motifs is 1. The van der Waals surface area contributed by atoms with Gasteiger partial charge < -0.3 is 13.9 Å². The molecule has 1 fully saturated rings. The van der Waals surface area contributed by atoms with E-state index in [2.05, 4.69) is 4.98 Å². The molecule has 0 bridgehead atoms. The molecule has 2 aromatic heterocycles.